The van der Waals surface area contributed by atoms with Crippen molar-refractivity contribution in [3.63, 3.8) is 0 Å². The van der Waals surface area contributed by atoms with Crippen LogP contribution in [0.25, 0.3) is 0 Å². The molecule has 0 rings (SSSR count). The monoisotopic (exact) mass is 940 g/mol. The van der Waals surface area contributed by atoms with Crippen LogP contribution in [0.3, 0.4) is 0 Å². The number of carbonyl (C=O) groups excluding carboxylic acids is 1. The van der Waals surface area contributed by atoms with Gasteiger partial charge in [0.25, 0.3) is 0 Å². The van der Waals surface area contributed by atoms with Crippen molar-refractivity contribution >= 4 is 5.91 Å². The van der Waals surface area contributed by atoms with Gasteiger partial charge < -0.3 is 15.5 Å². The molecule has 0 heterocycles. The largest absolute Gasteiger partial charge is 0.394 e. The molecule has 396 valence electrons. The van der Waals surface area contributed by atoms with E-state index in [1.807, 2.05) is 6.08 Å². The number of aliphatic hydroxyl groups is 2. The highest BCUT2D eigenvalue weighted by Crippen LogP contribution is 2.18. The Morgan fingerprint density at radius 2 is 0.582 bits per heavy atom. The number of hydrogen-bond acceptors (Lipinski definition) is 3. The summed E-state index contributed by atoms with van der Waals surface area (Å²) in [6.45, 7) is 4.31. The third kappa shape index (κ3) is 55.4. The Kier molecular flexibility index (Phi) is 57.7. The lowest BCUT2D eigenvalue weighted by Gasteiger charge is -2.19. The van der Waals surface area contributed by atoms with E-state index in [2.05, 4.69) is 43.5 Å². The highest BCUT2D eigenvalue weighted by Gasteiger charge is 2.18. The molecule has 3 N–H and O–H groups in total. The van der Waals surface area contributed by atoms with E-state index in [-0.39, 0.29) is 12.5 Å². The summed E-state index contributed by atoms with van der Waals surface area (Å²) in [5.41, 5.74) is 0. The zero-order valence-corrected chi connectivity index (χ0v) is 45.7. The summed E-state index contributed by atoms with van der Waals surface area (Å²) in [7, 11) is 0. The van der Waals surface area contributed by atoms with Crippen molar-refractivity contribution in [3.05, 3.63) is 36.5 Å². The molecule has 2 unspecified atom stereocenters. The third-order valence-corrected chi connectivity index (χ3v) is 14.4. The van der Waals surface area contributed by atoms with E-state index in [4.69, 9.17) is 0 Å². The highest BCUT2D eigenvalue weighted by atomic mass is 16.3. The Morgan fingerprint density at radius 3 is 0.866 bits per heavy atom. The van der Waals surface area contributed by atoms with Crippen LogP contribution in [0.1, 0.15) is 341 Å². The van der Waals surface area contributed by atoms with Crippen molar-refractivity contribution in [2.24, 2.45) is 0 Å². The molecule has 0 aromatic carbocycles. The normalized spacial score (nSPS) is 13.0. The van der Waals surface area contributed by atoms with Crippen molar-refractivity contribution in [2.75, 3.05) is 6.61 Å². The molecule has 4 heteroatoms. The van der Waals surface area contributed by atoms with E-state index in [1.54, 1.807) is 6.08 Å². The summed E-state index contributed by atoms with van der Waals surface area (Å²) in [5.74, 6) is -0.0722. The van der Waals surface area contributed by atoms with Gasteiger partial charge in [0.2, 0.25) is 5.91 Å². The fourth-order valence-electron chi connectivity index (χ4n) is 9.69. The first-order valence-electron chi connectivity index (χ1n) is 30.7. The van der Waals surface area contributed by atoms with Crippen molar-refractivity contribution in [1.82, 2.24) is 5.32 Å². The molecule has 4 nitrogen and oxygen atoms in total. The third-order valence-electron chi connectivity index (χ3n) is 14.4. The molecular weight excluding hydrogens is 819 g/mol. The molecule has 0 saturated carbocycles. The molecule has 0 bridgehead atoms. The predicted molar refractivity (Wildman–Crippen MR) is 299 cm³/mol. The maximum atomic E-state index is 12.5. The Hall–Kier alpha value is -1.39. The Bertz CT molecular complexity index is 1020. The molecule has 0 aliphatic carbocycles. The van der Waals surface area contributed by atoms with Gasteiger partial charge in [-0.2, -0.15) is 0 Å². The predicted octanol–water partition coefficient (Wildman–Crippen LogP) is 20.4. The van der Waals surface area contributed by atoms with Crippen LogP contribution in [0.4, 0.5) is 0 Å². The van der Waals surface area contributed by atoms with Crippen molar-refractivity contribution in [3.8, 4) is 0 Å². The van der Waals surface area contributed by atoms with Gasteiger partial charge in [0, 0.05) is 6.42 Å². The number of aliphatic hydroxyl groups excluding tert-OH is 2. The fraction of sp³-hybridized carbons (Fsp3) is 0.889. The first-order chi connectivity index (χ1) is 33.2. The lowest BCUT2D eigenvalue weighted by atomic mass is 10.0. The van der Waals surface area contributed by atoms with Crippen molar-refractivity contribution in [1.29, 1.82) is 0 Å². The van der Waals surface area contributed by atoms with E-state index in [0.717, 1.165) is 38.5 Å². The van der Waals surface area contributed by atoms with E-state index >= 15 is 0 Å². The van der Waals surface area contributed by atoms with E-state index in [9.17, 15) is 15.0 Å². The molecule has 0 aliphatic heterocycles. The van der Waals surface area contributed by atoms with Gasteiger partial charge in [-0.05, 0) is 44.9 Å². The van der Waals surface area contributed by atoms with Crippen LogP contribution in [0.5, 0.6) is 0 Å². The quantitative estimate of drug-likeness (QED) is 0.0420. The van der Waals surface area contributed by atoms with Gasteiger partial charge in [0.05, 0.1) is 18.8 Å². The maximum absolute atomic E-state index is 12.5. The van der Waals surface area contributed by atoms with Gasteiger partial charge >= 0.3 is 0 Å². The minimum absolute atomic E-state index is 0.0722. The summed E-state index contributed by atoms with van der Waals surface area (Å²) >= 11 is 0. The van der Waals surface area contributed by atoms with Crippen molar-refractivity contribution < 1.29 is 15.0 Å². The van der Waals surface area contributed by atoms with Crippen molar-refractivity contribution in [2.45, 2.75) is 353 Å². The molecule has 0 saturated heterocycles. The van der Waals surface area contributed by atoms with Gasteiger partial charge in [0.15, 0.2) is 0 Å². The first kappa shape index (κ1) is 65.6. The van der Waals surface area contributed by atoms with Gasteiger partial charge in [0.1, 0.15) is 0 Å². The summed E-state index contributed by atoms with van der Waals surface area (Å²) in [5, 5.41) is 23.1. The molecule has 2 atom stereocenters. The van der Waals surface area contributed by atoms with Crippen LogP contribution >= 0.6 is 0 Å². The van der Waals surface area contributed by atoms with Gasteiger partial charge in [-0.1, -0.05) is 326 Å². The summed E-state index contributed by atoms with van der Waals surface area (Å²) in [6, 6.07) is -0.643. The summed E-state index contributed by atoms with van der Waals surface area (Å²) in [6.07, 6.45) is 80.7. The first-order valence-corrected chi connectivity index (χ1v) is 30.7. The average Bonchev–Trinajstić information content (AvgIpc) is 3.33. The molecule has 0 aromatic heterocycles. The number of rotatable bonds is 57. The zero-order valence-electron chi connectivity index (χ0n) is 45.7. The molecule has 1 amide bonds. The lowest BCUT2D eigenvalue weighted by molar-refractivity contribution is -0.123. The second-order valence-corrected chi connectivity index (χ2v) is 21.1. The Balaban J connectivity index is 3.39. The standard InChI is InChI=1S/C63H121NO3/c1-3-5-7-9-11-13-15-17-19-21-22-23-24-25-26-27-28-29-30-31-32-33-34-35-36-37-38-39-40-41-42-43-45-47-49-51-53-55-57-59-63(67)64-61(60-65)62(66)58-56-54-52-50-48-46-44-20-18-16-14-12-10-8-6-4-2/h18,20,48,50,56,58,61-62,65-66H,3-17,19,21-47,49,51-55,57,59-60H2,1-2H3,(H,64,67)/b20-18+,50-48+,58-56+. The topological polar surface area (TPSA) is 69.6 Å². The molecule has 0 spiro atoms. The van der Waals surface area contributed by atoms with E-state index < -0.39 is 12.1 Å². The number of allylic oxidation sites excluding steroid dienone is 5. The maximum Gasteiger partial charge on any atom is 0.220 e. The fourth-order valence-corrected chi connectivity index (χ4v) is 9.69. The molecule has 0 radical (unpaired) electrons. The molecule has 67 heavy (non-hydrogen) atoms. The molecule has 0 aliphatic rings. The van der Waals surface area contributed by atoms with Crippen LogP contribution < -0.4 is 5.32 Å². The zero-order chi connectivity index (χ0) is 48.5. The molecule has 0 fully saturated rings. The summed E-state index contributed by atoms with van der Waals surface area (Å²) in [4.78, 5) is 12.5. The van der Waals surface area contributed by atoms with Gasteiger partial charge in [-0.25, -0.2) is 0 Å². The Labute approximate surface area is 421 Å². The van der Waals surface area contributed by atoms with Gasteiger partial charge in [-0.3, -0.25) is 4.79 Å². The Morgan fingerprint density at radius 1 is 0.343 bits per heavy atom. The van der Waals surface area contributed by atoms with Crippen LogP contribution in [0.2, 0.25) is 0 Å². The number of hydrogen-bond donors (Lipinski definition) is 3. The summed E-state index contributed by atoms with van der Waals surface area (Å²) < 4.78 is 0. The van der Waals surface area contributed by atoms with Crippen LogP contribution in [0.15, 0.2) is 36.5 Å². The van der Waals surface area contributed by atoms with Crippen LogP contribution in [-0.4, -0.2) is 34.9 Å². The van der Waals surface area contributed by atoms with Crippen LogP contribution in [0, 0.1) is 0 Å². The SMILES string of the molecule is CCCCCCCC/C=C/CC/C=C/CC/C=C/C(O)C(CO)NC(=O)CCCCCCCCCCCCCCCCCCCCCCCCCCCCCCCCCCCCCCCCC. The van der Waals surface area contributed by atoms with Crippen LogP contribution in [-0.2, 0) is 4.79 Å². The minimum atomic E-state index is -0.868. The molecule has 0 aromatic rings. The lowest BCUT2D eigenvalue weighted by Crippen LogP contribution is -2.45. The smallest absolute Gasteiger partial charge is 0.220 e. The average molecular weight is 941 g/mol. The second kappa shape index (κ2) is 58.9. The number of nitrogens with one attached hydrogen (secondary N) is 1. The number of carbonyl (C=O) groups is 1. The van der Waals surface area contributed by atoms with Gasteiger partial charge in [-0.15, -0.1) is 0 Å². The van der Waals surface area contributed by atoms with E-state index in [1.165, 1.54) is 283 Å². The number of unbranched alkanes of at least 4 members (excludes halogenated alkanes) is 46. The second-order valence-electron chi connectivity index (χ2n) is 21.1. The van der Waals surface area contributed by atoms with E-state index in [0.29, 0.717) is 6.42 Å². The number of amides is 1. The molecular formula is C63H121NO3. The highest BCUT2D eigenvalue weighted by molar-refractivity contribution is 5.76. The minimum Gasteiger partial charge on any atom is -0.394 e.